The first kappa shape index (κ1) is 22.8. The molecule has 0 aromatic heterocycles. The molecule has 0 heterocycles. The van der Waals surface area contributed by atoms with Crippen LogP contribution < -0.4 is 20.1 Å². The number of hydrogen-bond acceptors (Lipinski definition) is 5. The molecule has 9 heteroatoms. The summed E-state index contributed by atoms with van der Waals surface area (Å²) in [4.78, 5) is 4.04. The molecule has 0 fully saturated rings. The number of halogens is 1. The minimum Gasteiger partial charge on any atom is -0.497 e. The molecule has 7 nitrogen and oxygen atoms in total. The number of ether oxygens (including phenoxy) is 2. The van der Waals surface area contributed by atoms with Gasteiger partial charge in [0, 0.05) is 25.9 Å². The lowest BCUT2D eigenvalue weighted by molar-refractivity contribution is 0.223. The molecule has 0 saturated heterocycles. The van der Waals surface area contributed by atoms with Gasteiger partial charge in [-0.2, -0.15) is 0 Å². The second-order valence-corrected chi connectivity index (χ2v) is 7.38. The summed E-state index contributed by atoms with van der Waals surface area (Å²) in [5, 5.41) is 6.04. The number of guanidine groups is 1. The van der Waals surface area contributed by atoms with Gasteiger partial charge in [-0.1, -0.05) is 6.07 Å². The molecule has 138 valence electrons. The minimum absolute atomic E-state index is 0. The zero-order valence-electron chi connectivity index (χ0n) is 14.4. The summed E-state index contributed by atoms with van der Waals surface area (Å²) in [6.07, 6.45) is 1.10. The molecule has 1 atom stereocenters. The van der Waals surface area contributed by atoms with Crippen LogP contribution in [0.1, 0.15) is 6.92 Å². The summed E-state index contributed by atoms with van der Waals surface area (Å²) >= 11 is 0. The molecule has 0 saturated carbocycles. The summed E-state index contributed by atoms with van der Waals surface area (Å²) in [7, 11) is 0.247. The van der Waals surface area contributed by atoms with Crippen LogP contribution in [-0.4, -0.2) is 59.7 Å². The van der Waals surface area contributed by atoms with Crippen LogP contribution in [0.5, 0.6) is 11.5 Å². The van der Waals surface area contributed by atoms with Gasteiger partial charge in [0.15, 0.2) is 5.96 Å². The Labute approximate surface area is 161 Å². The van der Waals surface area contributed by atoms with Crippen molar-refractivity contribution >= 4 is 39.8 Å². The largest absolute Gasteiger partial charge is 0.497 e. The van der Waals surface area contributed by atoms with Gasteiger partial charge in [-0.3, -0.25) is 4.99 Å². The van der Waals surface area contributed by atoms with E-state index in [0.29, 0.717) is 19.0 Å². The number of rotatable bonds is 8. The van der Waals surface area contributed by atoms with Crippen molar-refractivity contribution in [1.29, 1.82) is 0 Å². The van der Waals surface area contributed by atoms with E-state index in [2.05, 4.69) is 15.6 Å². The third kappa shape index (κ3) is 9.81. The molecular formula is C15H26IN3O4S. The van der Waals surface area contributed by atoms with Crippen LogP contribution in [0.25, 0.3) is 0 Å². The highest BCUT2D eigenvalue weighted by Gasteiger charge is 2.07. The predicted octanol–water partition coefficient (Wildman–Crippen LogP) is 1.29. The zero-order chi connectivity index (χ0) is 17.3. The average molecular weight is 471 g/mol. The number of aliphatic imine (C=N–C) groups is 1. The fourth-order valence-corrected chi connectivity index (χ4v) is 2.24. The van der Waals surface area contributed by atoms with E-state index >= 15 is 0 Å². The molecule has 1 aromatic rings. The van der Waals surface area contributed by atoms with Crippen molar-refractivity contribution in [2.24, 2.45) is 4.99 Å². The smallest absolute Gasteiger partial charge is 0.191 e. The predicted molar refractivity (Wildman–Crippen MR) is 108 cm³/mol. The van der Waals surface area contributed by atoms with Crippen molar-refractivity contribution in [3.05, 3.63) is 24.3 Å². The highest BCUT2D eigenvalue weighted by Crippen LogP contribution is 2.19. The number of nitrogens with zero attached hydrogens (tertiary/aromatic N) is 1. The Morgan fingerprint density at radius 2 is 1.96 bits per heavy atom. The standard InChI is InChI=1S/C15H25N3O4S.HI/c1-12(22-14-7-5-6-13(10-14)21-3)11-18-15(16-2)17-8-9-23(4,19)20;/h5-7,10,12H,8-9,11H2,1-4H3,(H2,16,17,18);1H. The fraction of sp³-hybridized carbons (Fsp3) is 0.533. The normalized spacial score (nSPS) is 12.8. The van der Waals surface area contributed by atoms with Crippen LogP contribution in [0.3, 0.4) is 0 Å². The summed E-state index contributed by atoms with van der Waals surface area (Å²) in [5.74, 6) is 2.05. The van der Waals surface area contributed by atoms with Crippen LogP contribution in [0.15, 0.2) is 29.3 Å². The number of hydrogen-bond donors (Lipinski definition) is 2. The van der Waals surface area contributed by atoms with Gasteiger partial charge in [0.25, 0.3) is 0 Å². The maximum atomic E-state index is 11.1. The summed E-state index contributed by atoms with van der Waals surface area (Å²) in [6.45, 7) is 2.76. The van der Waals surface area contributed by atoms with Crippen molar-refractivity contribution in [1.82, 2.24) is 10.6 Å². The molecule has 0 aliphatic heterocycles. The topological polar surface area (TPSA) is 89.0 Å². The quantitative estimate of drug-likeness (QED) is 0.338. The first-order valence-electron chi connectivity index (χ1n) is 7.27. The summed E-state index contributed by atoms with van der Waals surface area (Å²) in [6, 6.07) is 7.39. The third-order valence-corrected chi connectivity index (χ3v) is 3.87. The molecule has 1 aromatic carbocycles. The molecule has 0 amide bonds. The van der Waals surface area contributed by atoms with Crippen molar-refractivity contribution in [2.45, 2.75) is 13.0 Å². The number of methoxy groups -OCH3 is 1. The molecule has 0 bridgehead atoms. The Kier molecular flexibility index (Phi) is 10.8. The first-order chi connectivity index (χ1) is 10.8. The van der Waals surface area contributed by atoms with Crippen molar-refractivity contribution < 1.29 is 17.9 Å². The van der Waals surface area contributed by atoms with Gasteiger partial charge >= 0.3 is 0 Å². The van der Waals surface area contributed by atoms with E-state index in [-0.39, 0.29) is 35.8 Å². The van der Waals surface area contributed by atoms with Gasteiger partial charge in [0.05, 0.1) is 19.4 Å². The van der Waals surface area contributed by atoms with Crippen LogP contribution in [-0.2, 0) is 9.84 Å². The van der Waals surface area contributed by atoms with Gasteiger partial charge < -0.3 is 20.1 Å². The van der Waals surface area contributed by atoms with E-state index in [1.54, 1.807) is 14.2 Å². The molecule has 0 radical (unpaired) electrons. The molecule has 2 N–H and O–H groups in total. The Morgan fingerprint density at radius 1 is 1.29 bits per heavy atom. The SMILES string of the molecule is CN=C(NCCS(C)(=O)=O)NCC(C)Oc1cccc(OC)c1.I. The molecule has 1 rings (SSSR count). The zero-order valence-corrected chi connectivity index (χ0v) is 17.6. The van der Waals surface area contributed by atoms with Gasteiger partial charge in [-0.25, -0.2) is 8.42 Å². The van der Waals surface area contributed by atoms with E-state index in [0.717, 1.165) is 11.5 Å². The van der Waals surface area contributed by atoms with E-state index in [4.69, 9.17) is 9.47 Å². The Morgan fingerprint density at radius 3 is 2.54 bits per heavy atom. The van der Waals surface area contributed by atoms with Gasteiger partial charge in [-0.15, -0.1) is 24.0 Å². The van der Waals surface area contributed by atoms with Crippen LogP contribution in [0.2, 0.25) is 0 Å². The molecular weight excluding hydrogens is 445 g/mol. The van der Waals surface area contributed by atoms with Crippen molar-refractivity contribution in [2.75, 3.05) is 39.3 Å². The highest BCUT2D eigenvalue weighted by atomic mass is 127. The monoisotopic (exact) mass is 471 g/mol. The van der Waals surface area contributed by atoms with Crippen LogP contribution in [0.4, 0.5) is 0 Å². The molecule has 0 aliphatic rings. The second-order valence-electron chi connectivity index (χ2n) is 5.12. The van der Waals surface area contributed by atoms with Gasteiger partial charge in [0.2, 0.25) is 0 Å². The van der Waals surface area contributed by atoms with Crippen LogP contribution >= 0.6 is 24.0 Å². The number of benzene rings is 1. The summed E-state index contributed by atoms with van der Waals surface area (Å²) < 4.78 is 33.1. The second kappa shape index (κ2) is 11.3. The Balaban J connectivity index is 0.00000529. The van der Waals surface area contributed by atoms with E-state index in [1.807, 2.05) is 31.2 Å². The van der Waals surface area contributed by atoms with E-state index in [1.165, 1.54) is 6.26 Å². The lowest BCUT2D eigenvalue weighted by Gasteiger charge is -2.18. The highest BCUT2D eigenvalue weighted by molar-refractivity contribution is 14.0. The molecule has 0 aliphatic carbocycles. The lowest BCUT2D eigenvalue weighted by atomic mass is 10.3. The number of sulfone groups is 1. The van der Waals surface area contributed by atoms with Gasteiger partial charge in [0.1, 0.15) is 27.4 Å². The van der Waals surface area contributed by atoms with Crippen LogP contribution in [0, 0.1) is 0 Å². The van der Waals surface area contributed by atoms with Crippen molar-refractivity contribution in [3.63, 3.8) is 0 Å². The first-order valence-corrected chi connectivity index (χ1v) is 9.33. The molecule has 24 heavy (non-hydrogen) atoms. The molecule has 0 spiro atoms. The fourth-order valence-electron chi connectivity index (χ4n) is 1.76. The Bertz CT molecular complexity index is 623. The van der Waals surface area contributed by atoms with E-state index < -0.39 is 9.84 Å². The lowest BCUT2D eigenvalue weighted by Crippen LogP contribution is -2.43. The van der Waals surface area contributed by atoms with E-state index in [9.17, 15) is 8.42 Å². The third-order valence-electron chi connectivity index (χ3n) is 2.92. The van der Waals surface area contributed by atoms with Gasteiger partial charge in [-0.05, 0) is 19.1 Å². The molecule has 1 unspecified atom stereocenters. The Hall–Kier alpha value is -1.23. The minimum atomic E-state index is -2.99. The number of nitrogens with one attached hydrogen (secondary N) is 2. The average Bonchev–Trinajstić information content (AvgIpc) is 2.49. The van der Waals surface area contributed by atoms with Crippen molar-refractivity contribution in [3.8, 4) is 11.5 Å². The maximum Gasteiger partial charge on any atom is 0.191 e. The summed E-state index contributed by atoms with van der Waals surface area (Å²) in [5.41, 5.74) is 0. The maximum absolute atomic E-state index is 11.1.